The number of carbonyl (C=O) groups is 2. The first-order valence-electron chi connectivity index (χ1n) is 15.0. The van der Waals surface area contributed by atoms with Gasteiger partial charge in [0.15, 0.2) is 0 Å². The van der Waals surface area contributed by atoms with Gasteiger partial charge in [-0.05, 0) is 74.6 Å². The SMILES string of the molecule is CCC(C(=O)NC1CCCCC1)N(Cc1cccc(OC)c1)C(=O)CN(c1ccc(C)cc1C)S(=O)(=O)c1ccccc1. The van der Waals surface area contributed by atoms with Crippen molar-refractivity contribution >= 4 is 27.5 Å². The van der Waals surface area contributed by atoms with Crippen LogP contribution in [0, 0.1) is 13.8 Å². The van der Waals surface area contributed by atoms with Gasteiger partial charge in [0, 0.05) is 12.6 Å². The molecule has 3 aromatic carbocycles. The third-order valence-electron chi connectivity index (χ3n) is 8.06. The number of rotatable bonds is 12. The molecule has 8 nitrogen and oxygen atoms in total. The Labute approximate surface area is 256 Å². The normalized spacial score (nSPS) is 14.5. The van der Waals surface area contributed by atoms with Gasteiger partial charge in [0.05, 0.1) is 17.7 Å². The highest BCUT2D eigenvalue weighted by Crippen LogP contribution is 2.29. The largest absolute Gasteiger partial charge is 0.497 e. The summed E-state index contributed by atoms with van der Waals surface area (Å²) in [5.41, 5.74) is 2.91. The number of sulfonamides is 1. The smallest absolute Gasteiger partial charge is 0.264 e. The third-order valence-corrected chi connectivity index (χ3v) is 9.83. The highest BCUT2D eigenvalue weighted by Gasteiger charge is 2.35. The van der Waals surface area contributed by atoms with Gasteiger partial charge in [-0.15, -0.1) is 0 Å². The number of hydrogen-bond donors (Lipinski definition) is 1. The van der Waals surface area contributed by atoms with E-state index >= 15 is 0 Å². The number of methoxy groups -OCH3 is 1. The fourth-order valence-corrected chi connectivity index (χ4v) is 7.25. The molecule has 0 heterocycles. The molecule has 9 heteroatoms. The molecule has 0 saturated heterocycles. The van der Waals surface area contributed by atoms with Crippen molar-refractivity contribution in [2.75, 3.05) is 18.0 Å². The zero-order valence-corrected chi connectivity index (χ0v) is 26.4. The van der Waals surface area contributed by atoms with E-state index in [2.05, 4.69) is 5.32 Å². The average molecular weight is 606 g/mol. The summed E-state index contributed by atoms with van der Waals surface area (Å²) in [6.45, 7) is 5.31. The van der Waals surface area contributed by atoms with Crippen molar-refractivity contribution in [1.29, 1.82) is 0 Å². The predicted octanol–water partition coefficient (Wildman–Crippen LogP) is 5.76. The highest BCUT2D eigenvalue weighted by molar-refractivity contribution is 7.92. The summed E-state index contributed by atoms with van der Waals surface area (Å²) in [5, 5.41) is 3.18. The molecule has 0 spiro atoms. The number of anilines is 1. The fraction of sp³-hybridized carbons (Fsp3) is 0.412. The lowest BCUT2D eigenvalue weighted by molar-refractivity contribution is -0.140. The zero-order valence-electron chi connectivity index (χ0n) is 25.6. The second kappa shape index (κ2) is 14.6. The predicted molar refractivity (Wildman–Crippen MR) is 170 cm³/mol. The molecule has 0 aromatic heterocycles. The Morgan fingerprint density at radius 1 is 0.953 bits per heavy atom. The number of aryl methyl sites for hydroxylation is 2. The van der Waals surface area contributed by atoms with Crippen molar-refractivity contribution in [2.45, 2.75) is 82.8 Å². The van der Waals surface area contributed by atoms with Gasteiger partial charge < -0.3 is 15.0 Å². The van der Waals surface area contributed by atoms with Gasteiger partial charge in [-0.25, -0.2) is 8.42 Å². The topological polar surface area (TPSA) is 96.0 Å². The lowest BCUT2D eigenvalue weighted by Gasteiger charge is -2.34. The lowest BCUT2D eigenvalue weighted by atomic mass is 9.95. The van der Waals surface area contributed by atoms with Gasteiger partial charge in [0.1, 0.15) is 18.3 Å². The van der Waals surface area contributed by atoms with E-state index in [0.717, 1.165) is 48.8 Å². The fourth-order valence-electron chi connectivity index (χ4n) is 5.75. The van der Waals surface area contributed by atoms with E-state index < -0.39 is 28.5 Å². The number of ether oxygens (including phenoxy) is 1. The van der Waals surface area contributed by atoms with Crippen LogP contribution in [0.15, 0.2) is 77.7 Å². The molecular weight excluding hydrogens is 562 g/mol. The van der Waals surface area contributed by atoms with Gasteiger partial charge in [0.25, 0.3) is 10.0 Å². The Balaban J connectivity index is 1.73. The first-order valence-corrected chi connectivity index (χ1v) is 16.5. The lowest BCUT2D eigenvalue weighted by Crippen LogP contribution is -2.54. The minimum absolute atomic E-state index is 0.0780. The zero-order chi connectivity index (χ0) is 31.0. The van der Waals surface area contributed by atoms with Crippen LogP contribution in [0.1, 0.15) is 62.1 Å². The minimum Gasteiger partial charge on any atom is -0.497 e. The van der Waals surface area contributed by atoms with Crippen LogP contribution in [0.25, 0.3) is 0 Å². The maximum Gasteiger partial charge on any atom is 0.264 e. The summed E-state index contributed by atoms with van der Waals surface area (Å²) in [6, 6.07) is 20.2. The number of benzene rings is 3. The molecule has 2 amide bonds. The second-order valence-corrected chi connectivity index (χ2v) is 13.1. The molecule has 0 radical (unpaired) electrons. The molecule has 1 saturated carbocycles. The number of nitrogens with one attached hydrogen (secondary N) is 1. The van der Waals surface area contributed by atoms with E-state index in [-0.39, 0.29) is 23.4 Å². The molecular formula is C34H43N3O5S. The molecule has 4 rings (SSSR count). The molecule has 1 atom stereocenters. The van der Waals surface area contributed by atoms with E-state index in [1.165, 1.54) is 21.3 Å². The molecule has 0 bridgehead atoms. The van der Waals surface area contributed by atoms with Gasteiger partial charge in [-0.2, -0.15) is 0 Å². The maximum atomic E-state index is 14.3. The van der Waals surface area contributed by atoms with Crippen LogP contribution in [-0.2, 0) is 26.2 Å². The molecule has 1 unspecified atom stereocenters. The Morgan fingerprint density at radius 3 is 2.33 bits per heavy atom. The van der Waals surface area contributed by atoms with Crippen molar-refractivity contribution in [3.05, 3.63) is 89.5 Å². The monoisotopic (exact) mass is 605 g/mol. The Bertz CT molecular complexity index is 1500. The van der Waals surface area contributed by atoms with E-state index in [1.807, 2.05) is 57.2 Å². The number of carbonyl (C=O) groups excluding carboxylic acids is 2. The third kappa shape index (κ3) is 7.96. The van der Waals surface area contributed by atoms with Crippen LogP contribution in [0.4, 0.5) is 5.69 Å². The van der Waals surface area contributed by atoms with E-state index in [4.69, 9.17) is 4.74 Å². The van der Waals surface area contributed by atoms with Crippen molar-refractivity contribution in [3.8, 4) is 5.75 Å². The van der Waals surface area contributed by atoms with E-state index in [9.17, 15) is 18.0 Å². The molecule has 1 N–H and O–H groups in total. The van der Waals surface area contributed by atoms with Gasteiger partial charge >= 0.3 is 0 Å². The molecule has 230 valence electrons. The summed E-state index contributed by atoms with van der Waals surface area (Å²) >= 11 is 0. The van der Waals surface area contributed by atoms with Crippen LogP contribution in [0.2, 0.25) is 0 Å². The van der Waals surface area contributed by atoms with Crippen molar-refractivity contribution in [1.82, 2.24) is 10.2 Å². The number of amides is 2. The molecule has 3 aromatic rings. The first-order chi connectivity index (χ1) is 20.6. The van der Waals surface area contributed by atoms with Crippen LogP contribution in [0.3, 0.4) is 0 Å². The standard InChI is InChI=1S/C34H43N3O5S/c1-5-31(34(39)35-28-14-8-6-9-15-28)36(23-27-13-12-16-29(22-27)42-4)33(38)24-37(32-20-19-25(2)21-26(32)3)43(40,41)30-17-10-7-11-18-30/h7,10-13,16-22,28,31H,5-6,8-9,14-15,23-24H2,1-4H3,(H,35,39). The van der Waals surface area contributed by atoms with Crippen LogP contribution in [-0.4, -0.2) is 50.9 Å². The molecule has 1 aliphatic carbocycles. The molecule has 1 aliphatic rings. The second-order valence-electron chi connectivity index (χ2n) is 11.3. The van der Waals surface area contributed by atoms with E-state index in [1.54, 1.807) is 31.4 Å². The molecule has 43 heavy (non-hydrogen) atoms. The van der Waals surface area contributed by atoms with E-state index in [0.29, 0.717) is 17.9 Å². The summed E-state index contributed by atoms with van der Waals surface area (Å²) in [4.78, 5) is 29.7. The Kier molecular flexibility index (Phi) is 10.9. The average Bonchev–Trinajstić information content (AvgIpc) is 3.01. The summed E-state index contributed by atoms with van der Waals surface area (Å²) in [6.07, 6.45) is 5.51. The maximum absolute atomic E-state index is 14.3. The van der Waals surface area contributed by atoms with Crippen molar-refractivity contribution < 1.29 is 22.7 Å². The number of nitrogens with zero attached hydrogens (tertiary/aromatic N) is 2. The number of hydrogen-bond acceptors (Lipinski definition) is 5. The summed E-state index contributed by atoms with van der Waals surface area (Å²) in [7, 11) is -2.54. The minimum atomic E-state index is -4.11. The van der Waals surface area contributed by atoms with Crippen molar-refractivity contribution in [2.24, 2.45) is 0 Å². The van der Waals surface area contributed by atoms with Gasteiger partial charge in [-0.3, -0.25) is 13.9 Å². The highest BCUT2D eigenvalue weighted by atomic mass is 32.2. The molecule has 1 fully saturated rings. The molecule has 0 aliphatic heterocycles. The van der Waals surface area contributed by atoms with Crippen molar-refractivity contribution in [3.63, 3.8) is 0 Å². The Hall–Kier alpha value is -3.85. The van der Waals surface area contributed by atoms with Crippen LogP contribution >= 0.6 is 0 Å². The van der Waals surface area contributed by atoms with Gasteiger partial charge in [0.2, 0.25) is 11.8 Å². The summed E-state index contributed by atoms with van der Waals surface area (Å²) in [5.74, 6) is -0.0456. The quantitative estimate of drug-likeness (QED) is 0.283. The first kappa shape index (κ1) is 32.1. The van der Waals surface area contributed by atoms with Crippen LogP contribution < -0.4 is 14.4 Å². The van der Waals surface area contributed by atoms with Gasteiger partial charge in [-0.1, -0.05) is 74.2 Å². The van der Waals surface area contributed by atoms with Crippen LogP contribution in [0.5, 0.6) is 5.75 Å². The Morgan fingerprint density at radius 2 is 1.67 bits per heavy atom. The summed E-state index contributed by atoms with van der Waals surface area (Å²) < 4.78 is 34.7.